The third kappa shape index (κ3) is 4.18. The number of carbonyl (C=O) groups excluding carboxylic acids is 1. The summed E-state index contributed by atoms with van der Waals surface area (Å²) in [5.41, 5.74) is 1.83. The van der Waals surface area contributed by atoms with Crippen molar-refractivity contribution in [2.24, 2.45) is 0 Å². The van der Waals surface area contributed by atoms with Crippen LogP contribution in [0.2, 0.25) is 0 Å². The number of benzene rings is 2. The molecule has 0 atom stereocenters. The number of carboxylic acid groups (broad SMARTS) is 1. The highest BCUT2D eigenvalue weighted by Gasteiger charge is 2.16. The molecular formula is C17H15BrO4. The van der Waals surface area contributed by atoms with E-state index >= 15 is 0 Å². The number of ether oxygens (including phenoxy) is 1. The molecule has 0 fully saturated rings. The van der Waals surface area contributed by atoms with Crippen LogP contribution in [0.4, 0.5) is 0 Å². The second kappa shape index (κ2) is 7.22. The van der Waals surface area contributed by atoms with Crippen molar-refractivity contribution >= 4 is 27.7 Å². The number of Topliss-reactive ketones (excluding diaryl/α,β-unsaturated/α-hetero) is 1. The Labute approximate surface area is 136 Å². The first-order chi connectivity index (χ1) is 10.5. The van der Waals surface area contributed by atoms with Crippen LogP contribution in [0.5, 0.6) is 5.75 Å². The Balaban J connectivity index is 2.27. The summed E-state index contributed by atoms with van der Waals surface area (Å²) in [7, 11) is 0. The fourth-order valence-electron chi connectivity index (χ4n) is 2.16. The van der Waals surface area contributed by atoms with Crippen LogP contribution in [0.15, 0.2) is 46.9 Å². The van der Waals surface area contributed by atoms with E-state index in [-0.39, 0.29) is 12.2 Å². The number of halogens is 1. The Morgan fingerprint density at radius 2 is 1.86 bits per heavy atom. The van der Waals surface area contributed by atoms with E-state index in [9.17, 15) is 9.59 Å². The van der Waals surface area contributed by atoms with E-state index in [1.807, 2.05) is 30.3 Å². The smallest absolute Gasteiger partial charge is 0.307 e. The first-order valence-corrected chi connectivity index (χ1v) is 7.48. The van der Waals surface area contributed by atoms with Crippen LogP contribution in [-0.4, -0.2) is 16.9 Å². The van der Waals surface area contributed by atoms with E-state index in [1.165, 1.54) is 6.92 Å². The lowest BCUT2D eigenvalue weighted by Gasteiger charge is -2.12. The van der Waals surface area contributed by atoms with Crippen LogP contribution in [0.3, 0.4) is 0 Å². The SMILES string of the molecule is CC(=O)c1c(Br)cc(OCc2ccccc2)cc1CC(=O)O. The average molecular weight is 363 g/mol. The van der Waals surface area contributed by atoms with Gasteiger partial charge in [0.05, 0.1) is 6.42 Å². The average Bonchev–Trinajstić information content (AvgIpc) is 2.44. The molecule has 114 valence electrons. The highest BCUT2D eigenvalue weighted by Crippen LogP contribution is 2.28. The number of ketones is 1. The minimum Gasteiger partial charge on any atom is -0.489 e. The van der Waals surface area contributed by atoms with Crippen molar-refractivity contribution in [2.45, 2.75) is 20.0 Å². The summed E-state index contributed by atoms with van der Waals surface area (Å²) in [5, 5.41) is 9.00. The lowest BCUT2D eigenvalue weighted by Crippen LogP contribution is -2.08. The summed E-state index contributed by atoms with van der Waals surface area (Å²) in [6, 6.07) is 12.9. The molecule has 22 heavy (non-hydrogen) atoms. The Morgan fingerprint density at radius 1 is 1.18 bits per heavy atom. The molecule has 4 nitrogen and oxygen atoms in total. The van der Waals surface area contributed by atoms with Crippen molar-refractivity contribution in [3.05, 3.63) is 63.6 Å². The number of hydrogen-bond donors (Lipinski definition) is 1. The summed E-state index contributed by atoms with van der Waals surface area (Å²) in [4.78, 5) is 22.7. The van der Waals surface area contributed by atoms with Gasteiger partial charge >= 0.3 is 5.97 Å². The molecule has 1 N–H and O–H groups in total. The molecule has 5 heteroatoms. The fourth-order valence-corrected chi connectivity index (χ4v) is 2.92. The Hall–Kier alpha value is -2.14. The summed E-state index contributed by atoms with van der Waals surface area (Å²) in [6.45, 7) is 1.79. The van der Waals surface area contributed by atoms with Gasteiger partial charge in [-0.25, -0.2) is 0 Å². The maximum absolute atomic E-state index is 11.7. The van der Waals surface area contributed by atoms with Crippen molar-refractivity contribution in [3.8, 4) is 5.75 Å². The number of carbonyl (C=O) groups is 2. The van der Waals surface area contributed by atoms with E-state index in [4.69, 9.17) is 9.84 Å². The Bertz CT molecular complexity index is 695. The van der Waals surface area contributed by atoms with Crippen molar-refractivity contribution in [1.29, 1.82) is 0 Å². The van der Waals surface area contributed by atoms with Gasteiger partial charge in [-0.2, -0.15) is 0 Å². The number of rotatable bonds is 6. The molecule has 0 unspecified atom stereocenters. The zero-order valence-electron chi connectivity index (χ0n) is 12.0. The van der Waals surface area contributed by atoms with Gasteiger partial charge in [0, 0.05) is 10.0 Å². The van der Waals surface area contributed by atoms with Crippen molar-refractivity contribution in [2.75, 3.05) is 0 Å². The van der Waals surface area contributed by atoms with Crippen LogP contribution in [0.25, 0.3) is 0 Å². The molecule has 2 rings (SSSR count). The van der Waals surface area contributed by atoms with Gasteiger partial charge in [0.15, 0.2) is 5.78 Å². The Morgan fingerprint density at radius 3 is 2.45 bits per heavy atom. The van der Waals surface area contributed by atoms with Gasteiger partial charge in [0.1, 0.15) is 12.4 Å². The van der Waals surface area contributed by atoms with E-state index in [0.29, 0.717) is 28.0 Å². The van der Waals surface area contributed by atoms with E-state index in [1.54, 1.807) is 12.1 Å². The molecule has 0 aliphatic carbocycles. The lowest BCUT2D eigenvalue weighted by atomic mass is 10.0. The van der Waals surface area contributed by atoms with Crippen molar-refractivity contribution < 1.29 is 19.4 Å². The summed E-state index contributed by atoms with van der Waals surface area (Å²) < 4.78 is 6.24. The molecule has 0 aromatic heterocycles. The van der Waals surface area contributed by atoms with Crippen LogP contribution >= 0.6 is 15.9 Å². The van der Waals surface area contributed by atoms with Crippen LogP contribution in [-0.2, 0) is 17.8 Å². The zero-order chi connectivity index (χ0) is 16.1. The third-order valence-corrected chi connectivity index (χ3v) is 3.71. The van der Waals surface area contributed by atoms with Gasteiger partial charge in [-0.1, -0.05) is 30.3 Å². The standard InChI is InChI=1S/C17H15BrO4/c1-11(19)17-13(8-16(20)21)7-14(9-15(17)18)22-10-12-5-3-2-4-6-12/h2-7,9H,8,10H2,1H3,(H,20,21). The minimum atomic E-state index is -0.991. The molecule has 0 heterocycles. The minimum absolute atomic E-state index is 0.183. The molecule has 0 saturated carbocycles. The fraction of sp³-hybridized carbons (Fsp3) is 0.176. The zero-order valence-corrected chi connectivity index (χ0v) is 13.6. The molecule has 0 aliphatic rings. The molecule has 0 amide bonds. The maximum atomic E-state index is 11.7. The topological polar surface area (TPSA) is 63.6 Å². The molecule has 0 saturated heterocycles. The molecule has 0 aliphatic heterocycles. The van der Waals surface area contributed by atoms with E-state index in [0.717, 1.165) is 5.56 Å². The van der Waals surface area contributed by atoms with Crippen LogP contribution < -0.4 is 4.74 Å². The monoisotopic (exact) mass is 362 g/mol. The number of aliphatic carboxylic acids is 1. The van der Waals surface area contributed by atoms with Crippen molar-refractivity contribution in [1.82, 2.24) is 0 Å². The van der Waals surface area contributed by atoms with Crippen LogP contribution in [0.1, 0.15) is 28.4 Å². The van der Waals surface area contributed by atoms with Gasteiger partial charge in [-0.3, -0.25) is 9.59 Å². The molecule has 0 bridgehead atoms. The normalized spacial score (nSPS) is 10.3. The molecule has 2 aromatic rings. The first kappa shape index (κ1) is 16.2. The highest BCUT2D eigenvalue weighted by molar-refractivity contribution is 9.10. The van der Waals surface area contributed by atoms with Gasteiger partial charge < -0.3 is 9.84 Å². The van der Waals surface area contributed by atoms with Gasteiger partial charge in [-0.15, -0.1) is 0 Å². The van der Waals surface area contributed by atoms with Crippen LogP contribution in [0, 0.1) is 0 Å². The molecular weight excluding hydrogens is 348 g/mol. The second-order valence-electron chi connectivity index (χ2n) is 4.84. The summed E-state index contributed by atoms with van der Waals surface area (Å²) in [5.74, 6) is -0.649. The predicted molar refractivity (Wildman–Crippen MR) is 86.3 cm³/mol. The summed E-state index contributed by atoms with van der Waals surface area (Å²) >= 11 is 3.32. The molecule has 2 aromatic carbocycles. The number of carboxylic acids is 1. The second-order valence-corrected chi connectivity index (χ2v) is 5.69. The van der Waals surface area contributed by atoms with Gasteiger partial charge in [0.2, 0.25) is 0 Å². The maximum Gasteiger partial charge on any atom is 0.307 e. The van der Waals surface area contributed by atoms with Gasteiger partial charge in [0.25, 0.3) is 0 Å². The third-order valence-electron chi connectivity index (χ3n) is 3.09. The quantitative estimate of drug-likeness (QED) is 0.792. The van der Waals surface area contributed by atoms with E-state index < -0.39 is 5.97 Å². The van der Waals surface area contributed by atoms with Crippen molar-refractivity contribution in [3.63, 3.8) is 0 Å². The lowest BCUT2D eigenvalue weighted by molar-refractivity contribution is -0.136. The molecule has 0 spiro atoms. The molecule has 0 radical (unpaired) electrons. The largest absolute Gasteiger partial charge is 0.489 e. The predicted octanol–water partition coefficient (Wildman–Crippen LogP) is 3.86. The van der Waals surface area contributed by atoms with Gasteiger partial charge in [-0.05, 0) is 46.1 Å². The van der Waals surface area contributed by atoms with E-state index in [2.05, 4.69) is 15.9 Å². The Kier molecular flexibility index (Phi) is 5.33. The first-order valence-electron chi connectivity index (χ1n) is 6.69. The number of hydrogen-bond acceptors (Lipinski definition) is 3. The highest BCUT2D eigenvalue weighted by atomic mass is 79.9. The summed E-state index contributed by atoms with van der Waals surface area (Å²) in [6.07, 6.45) is -0.226.